The molecule has 0 saturated carbocycles. The predicted molar refractivity (Wildman–Crippen MR) is 152 cm³/mol. The zero-order valence-electron chi connectivity index (χ0n) is 23.4. The average Bonchev–Trinajstić information content (AvgIpc) is 2.95. The summed E-state index contributed by atoms with van der Waals surface area (Å²) in [6.45, 7) is 7.34. The van der Waals surface area contributed by atoms with E-state index < -0.39 is 37.9 Å². The number of fused-ring (bicyclic) bond motifs is 1. The van der Waals surface area contributed by atoms with Crippen LogP contribution in [0.2, 0.25) is 0 Å². The molecule has 42 heavy (non-hydrogen) atoms. The second-order valence-corrected chi connectivity index (χ2v) is 12.8. The van der Waals surface area contributed by atoms with Gasteiger partial charge in [0.05, 0.1) is 30.2 Å². The molecule has 2 aromatic heterocycles. The van der Waals surface area contributed by atoms with E-state index in [1.807, 2.05) is 31.7 Å². The average molecular weight is 598 g/mol. The van der Waals surface area contributed by atoms with Crippen LogP contribution in [0.15, 0.2) is 58.5 Å². The van der Waals surface area contributed by atoms with Crippen LogP contribution >= 0.6 is 0 Å². The van der Waals surface area contributed by atoms with Gasteiger partial charge >= 0.3 is 6.09 Å². The van der Waals surface area contributed by atoms with Crippen molar-refractivity contribution >= 4 is 32.5 Å². The number of piperazine rings is 1. The summed E-state index contributed by atoms with van der Waals surface area (Å²) in [5, 5.41) is 18.4. The van der Waals surface area contributed by atoms with E-state index in [-0.39, 0.29) is 10.8 Å². The van der Waals surface area contributed by atoms with E-state index in [1.165, 1.54) is 18.1 Å². The van der Waals surface area contributed by atoms with Crippen LogP contribution in [0.25, 0.3) is 22.0 Å². The van der Waals surface area contributed by atoms with Crippen molar-refractivity contribution in [2.75, 3.05) is 38.2 Å². The molecule has 4 aromatic rings. The van der Waals surface area contributed by atoms with Gasteiger partial charge in [-0.3, -0.25) is 0 Å². The van der Waals surface area contributed by atoms with E-state index in [0.29, 0.717) is 54.6 Å². The van der Waals surface area contributed by atoms with Crippen molar-refractivity contribution in [2.45, 2.75) is 36.0 Å². The minimum atomic E-state index is -4.51. The number of halogens is 2. The lowest BCUT2D eigenvalue weighted by Gasteiger charge is -2.34. The predicted octanol–water partition coefficient (Wildman–Crippen LogP) is 4.91. The van der Waals surface area contributed by atoms with Gasteiger partial charge in [0.15, 0.2) is 0 Å². The molecule has 0 unspecified atom stereocenters. The monoisotopic (exact) mass is 597 g/mol. The molecule has 1 fully saturated rings. The minimum absolute atomic E-state index is 0.212. The molecule has 0 aliphatic carbocycles. The number of hydrogen-bond acceptors (Lipinski definition) is 8. The lowest BCUT2D eigenvalue weighted by molar-refractivity contribution is 0.142. The second kappa shape index (κ2) is 10.8. The van der Waals surface area contributed by atoms with Gasteiger partial charge in [-0.15, -0.1) is 0 Å². The van der Waals surface area contributed by atoms with Crippen LogP contribution in [-0.2, 0) is 15.3 Å². The van der Waals surface area contributed by atoms with Crippen LogP contribution in [0, 0.1) is 11.6 Å². The molecular weight excluding hydrogens is 568 g/mol. The fraction of sp³-hybridized carbons (Fsp3) is 0.310. The van der Waals surface area contributed by atoms with Gasteiger partial charge in [0, 0.05) is 48.6 Å². The van der Waals surface area contributed by atoms with Crippen molar-refractivity contribution < 1.29 is 31.8 Å². The summed E-state index contributed by atoms with van der Waals surface area (Å²) < 4.78 is 61.0. The minimum Gasteiger partial charge on any atom is -0.480 e. The van der Waals surface area contributed by atoms with Crippen LogP contribution in [0.1, 0.15) is 26.5 Å². The van der Waals surface area contributed by atoms with Gasteiger partial charge in [-0.05, 0) is 35.9 Å². The number of pyridine rings is 1. The van der Waals surface area contributed by atoms with Crippen molar-refractivity contribution in [3.8, 4) is 17.0 Å². The summed E-state index contributed by atoms with van der Waals surface area (Å²) in [7, 11) is -3.24. The maximum absolute atomic E-state index is 14.7. The highest BCUT2D eigenvalue weighted by Crippen LogP contribution is 2.40. The summed E-state index contributed by atoms with van der Waals surface area (Å²) in [6, 6.07) is 9.07. The number of carbonyl (C=O) groups is 1. The molecule has 5 rings (SSSR count). The number of carboxylic acid groups (broad SMARTS) is 1. The third-order valence-corrected chi connectivity index (χ3v) is 8.93. The first-order chi connectivity index (χ1) is 19.8. The number of aromatic nitrogens is 3. The van der Waals surface area contributed by atoms with E-state index in [0.717, 1.165) is 23.2 Å². The molecule has 0 bridgehead atoms. The Morgan fingerprint density at radius 1 is 1.00 bits per heavy atom. The molecule has 0 spiro atoms. The Morgan fingerprint density at radius 3 is 2.33 bits per heavy atom. The molecule has 1 amide bonds. The van der Waals surface area contributed by atoms with Crippen molar-refractivity contribution in [1.29, 1.82) is 0 Å². The van der Waals surface area contributed by atoms with Gasteiger partial charge in [-0.1, -0.05) is 26.8 Å². The van der Waals surface area contributed by atoms with E-state index in [1.54, 1.807) is 18.3 Å². The number of nitrogens with zero attached hydrogens (tertiary/aromatic N) is 5. The van der Waals surface area contributed by atoms with E-state index in [9.17, 15) is 27.1 Å². The van der Waals surface area contributed by atoms with Crippen molar-refractivity contribution in [3.63, 3.8) is 0 Å². The summed E-state index contributed by atoms with van der Waals surface area (Å²) in [5.41, 5.74) is 2.43. The number of sulfone groups is 1. The van der Waals surface area contributed by atoms with E-state index in [2.05, 4.69) is 15.2 Å². The van der Waals surface area contributed by atoms with Gasteiger partial charge in [0.1, 0.15) is 21.4 Å². The second-order valence-electron chi connectivity index (χ2n) is 10.9. The summed E-state index contributed by atoms with van der Waals surface area (Å²) >= 11 is 0. The molecule has 10 nitrogen and oxygen atoms in total. The van der Waals surface area contributed by atoms with Gasteiger partial charge in [-0.2, -0.15) is 10.2 Å². The number of rotatable bonds is 5. The molecule has 0 radical (unpaired) electrons. The molecule has 1 N–H and O–H groups in total. The molecule has 1 saturated heterocycles. The Labute approximate surface area is 241 Å². The maximum atomic E-state index is 14.7. The Morgan fingerprint density at radius 2 is 1.71 bits per heavy atom. The zero-order valence-corrected chi connectivity index (χ0v) is 24.2. The number of ether oxygens (including phenoxy) is 1. The Bertz CT molecular complexity index is 1800. The fourth-order valence-electron chi connectivity index (χ4n) is 5.02. The highest BCUT2D eigenvalue weighted by atomic mass is 32.2. The first kappa shape index (κ1) is 29.1. The molecule has 2 aromatic carbocycles. The molecule has 3 heterocycles. The number of methoxy groups -OCH3 is 1. The first-order valence-electron chi connectivity index (χ1n) is 13.1. The van der Waals surface area contributed by atoms with Crippen molar-refractivity contribution in [3.05, 3.63) is 66.0 Å². The lowest BCUT2D eigenvalue weighted by Crippen LogP contribution is -2.48. The number of hydrogen-bond donors (Lipinski definition) is 1. The molecule has 13 heteroatoms. The fourth-order valence-corrected chi connectivity index (χ4v) is 6.45. The molecule has 1 aliphatic heterocycles. The zero-order chi connectivity index (χ0) is 30.4. The van der Waals surface area contributed by atoms with Crippen LogP contribution in [0.5, 0.6) is 5.88 Å². The standard InChI is InChI=1S/C29H29F2N5O5S/c1-29(2,3)26-19(15-25(27(33-26)41-4)42(39,40)24-8-6-18(30)14-21(24)31)17-5-7-22-20(13-17)23(16-32-34-22)35-9-11-36(12-10-35)28(37)38/h5-8,13-16H,9-12H2,1-4H3,(H,37,38). The van der Waals surface area contributed by atoms with Crippen LogP contribution in [0.4, 0.5) is 19.3 Å². The highest BCUT2D eigenvalue weighted by molar-refractivity contribution is 7.91. The topological polar surface area (TPSA) is 126 Å². The highest BCUT2D eigenvalue weighted by Gasteiger charge is 2.32. The molecule has 220 valence electrons. The number of benzene rings is 2. The Hall–Kier alpha value is -4.39. The maximum Gasteiger partial charge on any atom is 0.407 e. The number of amides is 1. The van der Waals surface area contributed by atoms with Crippen LogP contribution in [0.3, 0.4) is 0 Å². The third kappa shape index (κ3) is 5.31. The van der Waals surface area contributed by atoms with Gasteiger partial charge in [-0.25, -0.2) is 27.0 Å². The molecule has 0 atom stereocenters. The normalized spacial score (nSPS) is 14.3. The van der Waals surface area contributed by atoms with Crippen molar-refractivity contribution in [2.24, 2.45) is 0 Å². The van der Waals surface area contributed by atoms with Gasteiger partial charge in [0.25, 0.3) is 0 Å². The molecular formula is C29H29F2N5O5S. The lowest BCUT2D eigenvalue weighted by atomic mass is 9.86. The molecule has 1 aliphatic rings. The SMILES string of the molecule is COc1nc(C(C)(C)C)c(-c2ccc3nncc(N4CCN(C(=O)O)CC4)c3c2)cc1S(=O)(=O)c1ccc(F)cc1F. The summed E-state index contributed by atoms with van der Waals surface area (Å²) in [6.07, 6.45) is 0.648. The smallest absolute Gasteiger partial charge is 0.407 e. The largest absolute Gasteiger partial charge is 0.480 e. The van der Waals surface area contributed by atoms with E-state index in [4.69, 9.17) is 4.74 Å². The first-order valence-corrected chi connectivity index (χ1v) is 14.6. The third-order valence-electron chi connectivity index (χ3n) is 7.15. The quantitative estimate of drug-likeness (QED) is 0.320. The van der Waals surface area contributed by atoms with Crippen LogP contribution in [-0.4, -0.2) is 73.0 Å². The van der Waals surface area contributed by atoms with Crippen molar-refractivity contribution in [1.82, 2.24) is 20.1 Å². The van der Waals surface area contributed by atoms with Crippen LogP contribution < -0.4 is 9.64 Å². The summed E-state index contributed by atoms with van der Waals surface area (Å²) in [4.78, 5) is 18.3. The summed E-state index contributed by atoms with van der Waals surface area (Å²) in [5.74, 6) is -2.34. The van der Waals surface area contributed by atoms with Gasteiger partial charge in [0.2, 0.25) is 15.7 Å². The van der Waals surface area contributed by atoms with E-state index >= 15 is 0 Å². The van der Waals surface area contributed by atoms with Gasteiger partial charge < -0.3 is 19.6 Å². The number of anilines is 1. The Kier molecular flexibility index (Phi) is 7.48. The Balaban J connectivity index is 1.69.